The molecule has 0 saturated heterocycles. The van der Waals surface area contributed by atoms with Gasteiger partial charge in [-0.3, -0.25) is 0 Å². The molecule has 5 aromatic rings. The van der Waals surface area contributed by atoms with Gasteiger partial charge in [-0.2, -0.15) is 0 Å². The van der Waals surface area contributed by atoms with Crippen LogP contribution in [0.15, 0.2) is 91.0 Å². The standard InChI is InChI=1S/C33H29F2NO5/c1-39-19-24(20-40-2)32-30(22-11-13-23(14-12-22)33(37)38)31-28(36(32)25-15-16-26(34)27(35)17-25)9-6-10-29(31)41-18-21-7-4-3-5-8-21/h3-17,24H,18-20H2,1-2H3,(H,37,38). The summed E-state index contributed by atoms with van der Waals surface area (Å²) in [6.45, 7) is 0.852. The van der Waals surface area contributed by atoms with Crippen molar-refractivity contribution >= 4 is 16.9 Å². The molecule has 0 atom stereocenters. The Morgan fingerprint density at radius 1 is 0.854 bits per heavy atom. The number of ether oxygens (including phenoxy) is 3. The first-order chi connectivity index (χ1) is 19.9. The quantitative estimate of drug-likeness (QED) is 0.186. The van der Waals surface area contributed by atoms with Crippen LogP contribution in [0.2, 0.25) is 0 Å². The number of aromatic nitrogens is 1. The maximum atomic E-state index is 14.6. The van der Waals surface area contributed by atoms with E-state index in [0.29, 0.717) is 23.6 Å². The smallest absolute Gasteiger partial charge is 0.335 e. The van der Waals surface area contributed by atoms with Crippen molar-refractivity contribution in [3.63, 3.8) is 0 Å². The van der Waals surface area contributed by atoms with Crippen LogP contribution in [0.1, 0.15) is 27.5 Å². The van der Waals surface area contributed by atoms with Gasteiger partial charge in [0.05, 0.1) is 29.7 Å². The normalized spacial score (nSPS) is 11.3. The number of hydrogen-bond donors (Lipinski definition) is 1. The van der Waals surface area contributed by atoms with E-state index in [1.165, 1.54) is 18.2 Å². The lowest BCUT2D eigenvalue weighted by molar-refractivity contribution is 0.0697. The van der Waals surface area contributed by atoms with E-state index in [-0.39, 0.29) is 24.7 Å². The molecule has 6 nitrogen and oxygen atoms in total. The Hall–Kier alpha value is -4.53. The Bertz CT molecular complexity index is 1660. The first-order valence-electron chi connectivity index (χ1n) is 13.0. The number of carboxylic acids is 1. The minimum absolute atomic E-state index is 0.144. The minimum atomic E-state index is -1.04. The third kappa shape index (κ3) is 5.70. The predicted octanol–water partition coefficient (Wildman–Crippen LogP) is 7.23. The van der Waals surface area contributed by atoms with Crippen LogP contribution in [0.3, 0.4) is 0 Å². The second-order valence-electron chi connectivity index (χ2n) is 9.61. The lowest BCUT2D eigenvalue weighted by Crippen LogP contribution is -2.17. The summed E-state index contributed by atoms with van der Waals surface area (Å²) in [7, 11) is 3.17. The Balaban J connectivity index is 1.84. The summed E-state index contributed by atoms with van der Waals surface area (Å²) in [6.07, 6.45) is 0. The second kappa shape index (κ2) is 12.3. The summed E-state index contributed by atoms with van der Waals surface area (Å²) in [4.78, 5) is 11.6. The van der Waals surface area contributed by atoms with E-state index in [1.807, 2.05) is 53.1 Å². The Kier molecular flexibility index (Phi) is 8.42. The van der Waals surface area contributed by atoms with Gasteiger partial charge in [-0.05, 0) is 47.5 Å². The van der Waals surface area contributed by atoms with Crippen molar-refractivity contribution in [1.82, 2.24) is 4.57 Å². The van der Waals surface area contributed by atoms with Crippen molar-refractivity contribution in [1.29, 1.82) is 0 Å². The third-order valence-corrected chi connectivity index (χ3v) is 6.93. The summed E-state index contributed by atoms with van der Waals surface area (Å²) < 4.78 is 48.1. The average Bonchev–Trinajstić information content (AvgIpc) is 3.33. The molecule has 5 rings (SSSR count). The van der Waals surface area contributed by atoms with Crippen LogP contribution >= 0.6 is 0 Å². The number of nitrogens with zero attached hydrogens (tertiary/aromatic N) is 1. The zero-order valence-corrected chi connectivity index (χ0v) is 22.6. The highest BCUT2D eigenvalue weighted by atomic mass is 19.2. The van der Waals surface area contributed by atoms with Gasteiger partial charge >= 0.3 is 5.97 Å². The summed E-state index contributed by atoms with van der Waals surface area (Å²) >= 11 is 0. The van der Waals surface area contributed by atoms with Crippen molar-refractivity contribution in [3.05, 3.63) is 119 Å². The van der Waals surface area contributed by atoms with E-state index >= 15 is 0 Å². The lowest BCUT2D eigenvalue weighted by atomic mass is 9.94. The Morgan fingerprint density at radius 3 is 2.20 bits per heavy atom. The van der Waals surface area contributed by atoms with Crippen LogP contribution in [0.25, 0.3) is 27.7 Å². The monoisotopic (exact) mass is 557 g/mol. The molecular formula is C33H29F2NO5. The fourth-order valence-electron chi connectivity index (χ4n) is 5.15. The van der Waals surface area contributed by atoms with E-state index in [1.54, 1.807) is 26.4 Å². The van der Waals surface area contributed by atoms with Crippen LogP contribution in [-0.4, -0.2) is 43.1 Å². The van der Waals surface area contributed by atoms with Gasteiger partial charge in [0.2, 0.25) is 0 Å². The van der Waals surface area contributed by atoms with E-state index in [9.17, 15) is 18.7 Å². The SMILES string of the molecule is COCC(COC)c1c(-c2ccc(C(=O)O)cc2)c2c(OCc3ccccc3)cccc2n1-c1ccc(F)c(F)c1. The highest BCUT2D eigenvalue weighted by Gasteiger charge is 2.29. The number of carboxylic acid groups (broad SMARTS) is 1. The molecule has 0 amide bonds. The van der Waals surface area contributed by atoms with Gasteiger partial charge < -0.3 is 23.9 Å². The zero-order chi connectivity index (χ0) is 28.9. The largest absolute Gasteiger partial charge is 0.488 e. The second-order valence-corrected chi connectivity index (χ2v) is 9.61. The molecule has 0 spiro atoms. The summed E-state index contributed by atoms with van der Waals surface area (Å²) in [6, 6.07) is 25.7. The summed E-state index contributed by atoms with van der Waals surface area (Å²) in [5, 5.41) is 10.2. The predicted molar refractivity (Wildman–Crippen MR) is 153 cm³/mol. The molecule has 0 saturated carbocycles. The number of methoxy groups -OCH3 is 2. The topological polar surface area (TPSA) is 69.9 Å². The summed E-state index contributed by atoms with van der Waals surface area (Å²) in [5.41, 5.74) is 4.45. The summed E-state index contributed by atoms with van der Waals surface area (Å²) in [5.74, 6) is -2.71. The van der Waals surface area contributed by atoms with E-state index in [4.69, 9.17) is 14.2 Å². The zero-order valence-electron chi connectivity index (χ0n) is 22.6. The molecule has 0 bridgehead atoms. The maximum Gasteiger partial charge on any atom is 0.335 e. The molecule has 41 heavy (non-hydrogen) atoms. The molecule has 1 N–H and O–H groups in total. The maximum absolute atomic E-state index is 14.6. The number of aromatic carboxylic acids is 1. The first kappa shape index (κ1) is 28.0. The fourth-order valence-corrected chi connectivity index (χ4v) is 5.15. The lowest BCUT2D eigenvalue weighted by Gasteiger charge is -2.21. The molecule has 1 aromatic heterocycles. The van der Waals surface area contributed by atoms with Gasteiger partial charge in [0.15, 0.2) is 11.6 Å². The molecular weight excluding hydrogens is 528 g/mol. The van der Waals surface area contributed by atoms with E-state index < -0.39 is 17.6 Å². The molecule has 0 aliphatic rings. The minimum Gasteiger partial charge on any atom is -0.488 e. The van der Waals surface area contributed by atoms with Crippen molar-refractivity contribution < 1.29 is 32.9 Å². The third-order valence-electron chi connectivity index (χ3n) is 6.93. The van der Waals surface area contributed by atoms with Gasteiger partial charge in [0.25, 0.3) is 0 Å². The molecule has 0 fully saturated rings. The number of hydrogen-bond acceptors (Lipinski definition) is 4. The Labute approximate surface area is 236 Å². The number of rotatable bonds is 11. The number of halogens is 2. The molecule has 1 heterocycles. The van der Waals surface area contributed by atoms with Gasteiger partial charge in [0, 0.05) is 43.1 Å². The van der Waals surface area contributed by atoms with E-state index in [0.717, 1.165) is 39.9 Å². The molecule has 0 aliphatic heterocycles. The highest BCUT2D eigenvalue weighted by molar-refractivity contribution is 6.04. The number of fused-ring (bicyclic) bond motifs is 1. The molecule has 4 aromatic carbocycles. The van der Waals surface area contributed by atoms with Gasteiger partial charge in [0.1, 0.15) is 12.4 Å². The molecule has 0 radical (unpaired) electrons. The van der Waals surface area contributed by atoms with Gasteiger partial charge in [-0.25, -0.2) is 13.6 Å². The van der Waals surface area contributed by atoms with Crippen LogP contribution < -0.4 is 4.74 Å². The van der Waals surface area contributed by atoms with Crippen LogP contribution in [0.4, 0.5) is 8.78 Å². The molecule has 0 unspecified atom stereocenters. The fraction of sp³-hybridized carbons (Fsp3) is 0.182. The van der Waals surface area contributed by atoms with Gasteiger partial charge in [-0.1, -0.05) is 48.5 Å². The van der Waals surface area contributed by atoms with E-state index in [2.05, 4.69) is 0 Å². The molecule has 210 valence electrons. The molecule has 8 heteroatoms. The van der Waals surface area contributed by atoms with Crippen LogP contribution in [0.5, 0.6) is 5.75 Å². The van der Waals surface area contributed by atoms with Crippen molar-refractivity contribution in [2.45, 2.75) is 12.5 Å². The first-order valence-corrected chi connectivity index (χ1v) is 13.0. The average molecular weight is 558 g/mol. The van der Waals surface area contributed by atoms with Crippen molar-refractivity contribution in [3.8, 4) is 22.6 Å². The Morgan fingerprint density at radius 2 is 1.56 bits per heavy atom. The number of carbonyl (C=O) groups is 1. The highest BCUT2D eigenvalue weighted by Crippen LogP contribution is 2.45. The van der Waals surface area contributed by atoms with Crippen LogP contribution in [-0.2, 0) is 16.1 Å². The van der Waals surface area contributed by atoms with Crippen molar-refractivity contribution in [2.75, 3.05) is 27.4 Å². The van der Waals surface area contributed by atoms with Crippen molar-refractivity contribution in [2.24, 2.45) is 0 Å². The van der Waals surface area contributed by atoms with Gasteiger partial charge in [-0.15, -0.1) is 0 Å². The number of benzene rings is 4. The molecule has 0 aliphatic carbocycles. The van der Waals surface area contributed by atoms with Crippen LogP contribution in [0, 0.1) is 11.6 Å².